The summed E-state index contributed by atoms with van der Waals surface area (Å²) in [5.74, 6) is 0.665. The van der Waals surface area contributed by atoms with Gasteiger partial charge in [-0.15, -0.1) is 11.3 Å². The van der Waals surface area contributed by atoms with Gasteiger partial charge in [0.05, 0.1) is 22.2 Å². The van der Waals surface area contributed by atoms with E-state index in [4.69, 9.17) is 9.97 Å². The Kier molecular flexibility index (Phi) is 6.55. The second kappa shape index (κ2) is 12.1. The topological polar surface area (TPSA) is 30.7 Å². The summed E-state index contributed by atoms with van der Waals surface area (Å²) in [5, 5.41) is 12.0. The monoisotopic (exact) mass is 779 g/mol. The molecule has 0 amide bonds. The second-order valence-electron chi connectivity index (χ2n) is 16.3. The van der Waals surface area contributed by atoms with Gasteiger partial charge in [0, 0.05) is 53.2 Å². The number of hydrogen-bond acceptors (Lipinski definition) is 3. The van der Waals surface area contributed by atoms with Gasteiger partial charge in [0.1, 0.15) is 0 Å². The number of allylic oxidation sites excluding steroid dienone is 1. The van der Waals surface area contributed by atoms with Gasteiger partial charge in [0.2, 0.25) is 5.95 Å². The highest BCUT2D eigenvalue weighted by Gasteiger charge is 2.31. The number of benzene rings is 9. The number of aryl methyl sites for hydroxylation is 1. The molecule has 0 saturated heterocycles. The quantitative estimate of drug-likeness (QED) is 0.167. The first-order valence-corrected chi connectivity index (χ1v) is 21.6. The summed E-state index contributed by atoms with van der Waals surface area (Å²) in [4.78, 5) is 12.5. The van der Waals surface area contributed by atoms with Crippen LogP contribution in [0, 0.1) is 0 Å². The van der Waals surface area contributed by atoms with Crippen molar-refractivity contribution in [1.29, 1.82) is 0 Å². The van der Waals surface area contributed by atoms with Gasteiger partial charge in [-0.2, -0.15) is 0 Å². The summed E-state index contributed by atoms with van der Waals surface area (Å²) in [6.45, 7) is 0. The molecule has 4 heteroatoms. The third-order valence-corrected chi connectivity index (χ3v) is 14.4. The predicted molar refractivity (Wildman–Crippen MR) is 253 cm³/mol. The first-order valence-electron chi connectivity index (χ1n) is 20.8. The summed E-state index contributed by atoms with van der Waals surface area (Å²) >= 11 is 1.94. The maximum atomic E-state index is 5.56. The van der Waals surface area contributed by atoms with Crippen LogP contribution in [0.1, 0.15) is 23.1 Å². The molecule has 3 nitrogen and oxygen atoms in total. The molecule has 12 aromatic rings. The minimum Gasteiger partial charge on any atom is -0.278 e. The zero-order valence-corrected chi connectivity index (χ0v) is 33.2. The van der Waals surface area contributed by atoms with E-state index in [9.17, 15) is 0 Å². The van der Waals surface area contributed by atoms with Crippen LogP contribution in [0.4, 0.5) is 0 Å². The van der Waals surface area contributed by atoms with Crippen molar-refractivity contribution in [3.8, 4) is 38.8 Å². The normalized spacial score (nSPS) is 13.3. The molecule has 0 fully saturated rings. The lowest BCUT2D eigenvalue weighted by Crippen LogP contribution is -2.04. The zero-order chi connectivity index (χ0) is 39.1. The van der Waals surface area contributed by atoms with E-state index in [2.05, 4.69) is 181 Å². The Labute approximate surface area is 349 Å². The average molecular weight is 780 g/mol. The van der Waals surface area contributed by atoms with Gasteiger partial charge in [-0.25, -0.2) is 9.97 Å². The molecule has 9 aromatic carbocycles. The zero-order valence-electron chi connectivity index (χ0n) is 32.4. The molecule has 0 saturated carbocycles. The molecule has 60 heavy (non-hydrogen) atoms. The molecule has 14 rings (SSSR count). The van der Waals surface area contributed by atoms with Crippen molar-refractivity contribution in [2.24, 2.45) is 0 Å². The fraction of sp³-hybridized carbons (Fsp3) is 0.0357. The lowest BCUT2D eigenvalue weighted by molar-refractivity contribution is 0.982. The standard InChI is InChI=1S/C56H33N3S/c1-2-14-35(15-3-1)53-44-28-24-33-13-5-7-19-38(33)54(44)58-56(57-53)59-46-29-26-32-12-4-6-18-37(32)51(46)52-40-21-9-8-20-39(40)45(31-47(52)59)36-25-27-41-48(30-36)60-55-43-23-11-17-34-16-10-22-42(49(34)43)50(41)55/h1-9,11-15,17-31H,10,16H2. The Hall–Kier alpha value is -7.40. The highest BCUT2D eigenvalue weighted by Crippen LogP contribution is 2.55. The first kappa shape index (κ1) is 32.5. The van der Waals surface area contributed by atoms with Gasteiger partial charge in [0.25, 0.3) is 0 Å². The van der Waals surface area contributed by atoms with Gasteiger partial charge in [-0.3, -0.25) is 4.57 Å². The Morgan fingerprint density at radius 2 is 1.22 bits per heavy atom. The lowest BCUT2D eigenvalue weighted by Gasteiger charge is -2.15. The van der Waals surface area contributed by atoms with Crippen molar-refractivity contribution in [3.05, 3.63) is 193 Å². The summed E-state index contributed by atoms with van der Waals surface area (Å²) < 4.78 is 3.66. The van der Waals surface area contributed by atoms with Gasteiger partial charge in [0.15, 0.2) is 0 Å². The molecule has 2 aliphatic carbocycles. The number of thiophene rings is 1. The van der Waals surface area contributed by atoms with E-state index in [-0.39, 0.29) is 0 Å². The van der Waals surface area contributed by atoms with E-state index < -0.39 is 0 Å². The summed E-state index contributed by atoms with van der Waals surface area (Å²) in [7, 11) is 0. The number of aromatic nitrogens is 3. The van der Waals surface area contributed by atoms with E-state index in [0.717, 1.165) is 56.8 Å². The molecule has 3 aromatic heterocycles. The van der Waals surface area contributed by atoms with Crippen LogP contribution in [0.2, 0.25) is 0 Å². The second-order valence-corrected chi connectivity index (χ2v) is 17.4. The minimum absolute atomic E-state index is 0.665. The van der Waals surface area contributed by atoms with E-state index in [0.29, 0.717) is 5.95 Å². The Morgan fingerprint density at radius 3 is 2.10 bits per heavy atom. The molecular weight excluding hydrogens is 747 g/mol. The van der Waals surface area contributed by atoms with Crippen molar-refractivity contribution < 1.29 is 0 Å². The lowest BCUT2D eigenvalue weighted by atomic mass is 9.89. The molecule has 0 atom stereocenters. The van der Waals surface area contributed by atoms with Crippen LogP contribution in [0.25, 0.3) is 119 Å². The molecule has 0 bridgehead atoms. The largest absolute Gasteiger partial charge is 0.278 e. The van der Waals surface area contributed by atoms with Gasteiger partial charge in [-0.05, 0) is 91.9 Å². The maximum Gasteiger partial charge on any atom is 0.235 e. The molecule has 278 valence electrons. The van der Waals surface area contributed by atoms with Crippen LogP contribution < -0.4 is 0 Å². The fourth-order valence-corrected chi connectivity index (χ4v) is 11.9. The highest BCUT2D eigenvalue weighted by molar-refractivity contribution is 7.23. The van der Waals surface area contributed by atoms with Crippen LogP contribution >= 0.6 is 11.3 Å². The van der Waals surface area contributed by atoms with Gasteiger partial charge in [-0.1, -0.05) is 152 Å². The maximum absolute atomic E-state index is 5.56. The third kappa shape index (κ3) is 4.38. The van der Waals surface area contributed by atoms with Crippen LogP contribution in [-0.4, -0.2) is 14.5 Å². The van der Waals surface area contributed by atoms with Crippen molar-refractivity contribution in [3.63, 3.8) is 0 Å². The molecule has 0 aliphatic heterocycles. The van der Waals surface area contributed by atoms with E-state index in [1.807, 2.05) is 11.3 Å². The Bertz CT molecular complexity index is 3890. The third-order valence-electron chi connectivity index (χ3n) is 13.2. The van der Waals surface area contributed by atoms with Crippen molar-refractivity contribution >= 4 is 92.0 Å². The first-order chi connectivity index (χ1) is 29.8. The number of nitrogens with zero attached hydrogens (tertiary/aromatic N) is 3. The minimum atomic E-state index is 0.665. The SMILES string of the molecule is C1=C2c3c(cccc3-c3sc4cc(-c5cc6c(c7ccccc57)c5c7ccccc7ccc5n6-c5nc(-c6ccccc6)c6ccc7ccccc7c6n5)ccc4c32)CC1. The molecule has 0 spiro atoms. The van der Waals surface area contributed by atoms with Gasteiger partial charge >= 0.3 is 0 Å². The summed E-state index contributed by atoms with van der Waals surface area (Å²) in [6.07, 6.45) is 4.70. The van der Waals surface area contributed by atoms with Crippen molar-refractivity contribution in [2.75, 3.05) is 0 Å². The Morgan fingerprint density at radius 1 is 0.483 bits per heavy atom. The van der Waals surface area contributed by atoms with E-state index in [1.165, 1.54) is 86.2 Å². The predicted octanol–water partition coefficient (Wildman–Crippen LogP) is 15.1. The van der Waals surface area contributed by atoms with Crippen molar-refractivity contribution in [2.45, 2.75) is 12.8 Å². The molecular formula is C56H33N3S. The molecule has 3 heterocycles. The van der Waals surface area contributed by atoms with Crippen LogP contribution in [-0.2, 0) is 6.42 Å². The van der Waals surface area contributed by atoms with Crippen LogP contribution in [0.3, 0.4) is 0 Å². The van der Waals surface area contributed by atoms with E-state index in [1.54, 1.807) is 0 Å². The highest BCUT2D eigenvalue weighted by atomic mass is 32.1. The van der Waals surface area contributed by atoms with Crippen molar-refractivity contribution in [1.82, 2.24) is 14.5 Å². The molecule has 0 radical (unpaired) electrons. The number of fused-ring (bicyclic) bond motifs is 15. The van der Waals surface area contributed by atoms with Gasteiger partial charge < -0.3 is 0 Å². The fourth-order valence-electron chi connectivity index (χ4n) is 10.6. The molecule has 0 unspecified atom stereocenters. The van der Waals surface area contributed by atoms with Crippen LogP contribution in [0.15, 0.2) is 176 Å². The Balaban J connectivity index is 1.10. The number of rotatable bonds is 3. The molecule has 2 aliphatic rings. The molecule has 0 N–H and O–H groups in total. The average Bonchev–Trinajstić information content (AvgIpc) is 3.97. The smallest absolute Gasteiger partial charge is 0.235 e. The summed E-state index contributed by atoms with van der Waals surface area (Å²) in [6, 6.07) is 62.3. The van der Waals surface area contributed by atoms with Crippen LogP contribution in [0.5, 0.6) is 0 Å². The number of hydrogen-bond donors (Lipinski definition) is 0. The van der Waals surface area contributed by atoms with E-state index >= 15 is 0 Å². The summed E-state index contributed by atoms with van der Waals surface area (Å²) in [5.41, 5.74) is 14.8.